The van der Waals surface area contributed by atoms with Gasteiger partial charge in [0.15, 0.2) is 12.6 Å². The molecule has 0 radical (unpaired) electrons. The monoisotopic (exact) mass is 861 g/mol. The first-order valence-electron chi connectivity index (χ1n) is 23.4. The van der Waals surface area contributed by atoms with Crippen molar-refractivity contribution in [2.24, 2.45) is 0 Å². The van der Waals surface area contributed by atoms with Crippen molar-refractivity contribution in [2.75, 3.05) is 33.0 Å². The van der Waals surface area contributed by atoms with Gasteiger partial charge in [0.2, 0.25) is 0 Å². The van der Waals surface area contributed by atoms with Gasteiger partial charge in [-0.1, -0.05) is 122 Å². The van der Waals surface area contributed by atoms with Crippen molar-refractivity contribution in [3.63, 3.8) is 0 Å². The zero-order valence-corrected chi connectivity index (χ0v) is 36.9. The second-order valence-electron chi connectivity index (χ2n) is 16.6. The Balaban J connectivity index is 1.81. The van der Waals surface area contributed by atoms with Gasteiger partial charge in [0.05, 0.1) is 26.4 Å². The molecule has 14 heteroatoms. The highest BCUT2D eigenvalue weighted by Gasteiger charge is 2.47. The average molecular weight is 861 g/mol. The molecule has 352 valence electrons. The van der Waals surface area contributed by atoms with Crippen molar-refractivity contribution in [1.82, 2.24) is 0 Å². The number of aliphatic hydroxyl groups excluding tert-OH is 7. The van der Waals surface area contributed by atoms with E-state index < -0.39 is 80.7 Å². The third-order valence-corrected chi connectivity index (χ3v) is 11.2. The molecular formula is C46H84O14. The second kappa shape index (κ2) is 34.9. The highest BCUT2D eigenvalue weighted by molar-refractivity contribution is 5.69. The van der Waals surface area contributed by atoms with Gasteiger partial charge in [0.1, 0.15) is 54.9 Å². The summed E-state index contributed by atoms with van der Waals surface area (Å²) in [5, 5.41) is 71.9. The highest BCUT2D eigenvalue weighted by atomic mass is 16.7. The lowest BCUT2D eigenvalue weighted by Gasteiger charge is -2.42. The van der Waals surface area contributed by atoms with Crippen molar-refractivity contribution in [2.45, 2.75) is 229 Å². The Labute approximate surface area is 360 Å². The molecule has 0 aromatic heterocycles. The smallest absolute Gasteiger partial charge is 0.306 e. The Bertz CT molecular complexity index is 1090. The van der Waals surface area contributed by atoms with Gasteiger partial charge in [-0.2, -0.15) is 0 Å². The van der Waals surface area contributed by atoms with Crippen LogP contribution in [0.15, 0.2) is 24.3 Å². The van der Waals surface area contributed by atoms with Crippen LogP contribution >= 0.6 is 0 Å². The Morgan fingerprint density at radius 1 is 0.533 bits per heavy atom. The van der Waals surface area contributed by atoms with Crippen LogP contribution in [-0.2, 0) is 33.2 Å². The van der Waals surface area contributed by atoms with Crippen molar-refractivity contribution < 1.29 is 69.0 Å². The summed E-state index contributed by atoms with van der Waals surface area (Å²) >= 11 is 0. The van der Waals surface area contributed by atoms with Gasteiger partial charge < -0.3 is 64.2 Å². The number of esters is 1. The average Bonchev–Trinajstić information content (AvgIpc) is 3.24. The molecule has 2 heterocycles. The SMILES string of the molecule is CCCC/C=C\CCCCCCCC(=O)OC(COCCCCCCCC/C=C\CCCCCCC)COC1OC(COC2OC(CO)C(O)C(O)C2O)C(O)C(O)C1O. The summed E-state index contributed by atoms with van der Waals surface area (Å²) in [6, 6.07) is 0. The molecular weight excluding hydrogens is 776 g/mol. The minimum atomic E-state index is -1.71. The van der Waals surface area contributed by atoms with Crippen LogP contribution in [0.25, 0.3) is 0 Å². The first-order chi connectivity index (χ1) is 29.1. The molecule has 11 unspecified atom stereocenters. The first-order valence-corrected chi connectivity index (χ1v) is 23.4. The number of aliphatic hydroxyl groups is 7. The molecule has 2 aliphatic heterocycles. The van der Waals surface area contributed by atoms with Gasteiger partial charge in [-0.05, 0) is 57.8 Å². The highest BCUT2D eigenvalue weighted by Crippen LogP contribution is 2.26. The van der Waals surface area contributed by atoms with Gasteiger partial charge in [-0.25, -0.2) is 0 Å². The van der Waals surface area contributed by atoms with Crippen molar-refractivity contribution in [3.8, 4) is 0 Å². The van der Waals surface area contributed by atoms with Crippen LogP contribution in [0.4, 0.5) is 0 Å². The van der Waals surface area contributed by atoms with Gasteiger partial charge in [0, 0.05) is 13.0 Å². The maximum absolute atomic E-state index is 12.9. The van der Waals surface area contributed by atoms with Crippen LogP contribution in [0.2, 0.25) is 0 Å². The Morgan fingerprint density at radius 3 is 1.57 bits per heavy atom. The lowest BCUT2D eigenvalue weighted by atomic mass is 9.98. The molecule has 0 bridgehead atoms. The summed E-state index contributed by atoms with van der Waals surface area (Å²) < 4.78 is 34.1. The van der Waals surface area contributed by atoms with Gasteiger partial charge >= 0.3 is 5.97 Å². The van der Waals surface area contributed by atoms with Crippen molar-refractivity contribution in [3.05, 3.63) is 24.3 Å². The Morgan fingerprint density at radius 2 is 1.00 bits per heavy atom. The molecule has 0 aromatic rings. The van der Waals surface area contributed by atoms with E-state index in [1.807, 2.05) is 0 Å². The molecule has 0 amide bonds. The number of hydrogen-bond acceptors (Lipinski definition) is 14. The second-order valence-corrected chi connectivity index (χ2v) is 16.6. The topological polar surface area (TPSA) is 214 Å². The minimum Gasteiger partial charge on any atom is -0.457 e. The van der Waals surface area contributed by atoms with E-state index in [0.29, 0.717) is 13.0 Å². The van der Waals surface area contributed by atoms with Crippen molar-refractivity contribution in [1.29, 1.82) is 0 Å². The van der Waals surface area contributed by atoms with Crippen LogP contribution in [0.1, 0.15) is 162 Å². The Kier molecular flexibility index (Phi) is 31.8. The van der Waals surface area contributed by atoms with Crippen molar-refractivity contribution >= 4 is 5.97 Å². The molecule has 11 atom stereocenters. The molecule has 60 heavy (non-hydrogen) atoms. The van der Waals surface area contributed by atoms with E-state index in [4.69, 9.17) is 28.4 Å². The molecule has 14 nitrogen and oxygen atoms in total. The summed E-state index contributed by atoms with van der Waals surface area (Å²) in [6.45, 7) is 3.60. The molecule has 0 saturated carbocycles. The van der Waals surface area contributed by atoms with Gasteiger partial charge in [-0.15, -0.1) is 0 Å². The largest absolute Gasteiger partial charge is 0.457 e. The third-order valence-electron chi connectivity index (χ3n) is 11.2. The van der Waals surface area contributed by atoms with Crippen LogP contribution in [0.3, 0.4) is 0 Å². The fourth-order valence-electron chi connectivity index (χ4n) is 7.26. The lowest BCUT2D eigenvalue weighted by molar-refractivity contribution is -0.332. The minimum absolute atomic E-state index is 0.0556. The van der Waals surface area contributed by atoms with Crippen LogP contribution in [0.5, 0.6) is 0 Å². The standard InChI is InChI=1S/C46H84O14/c1-3-5-7-9-11-13-15-16-17-18-20-22-24-26-28-30-55-32-35(58-38(48)29-27-25-23-21-19-14-12-10-8-6-4-2)33-56-45-44(54)42(52)40(50)37(60-45)34-57-46-43(53)41(51)39(49)36(31-47)59-46/h10,12,15-16,35-37,39-47,49-54H,3-9,11,13-14,17-34H2,1-2H3/b12-10-,16-15-. The normalized spacial score (nSPS) is 27.9. The van der Waals surface area contributed by atoms with Gasteiger partial charge in [0.25, 0.3) is 0 Å². The summed E-state index contributed by atoms with van der Waals surface area (Å²) in [6.07, 6.45) is 18.2. The summed E-state index contributed by atoms with van der Waals surface area (Å²) in [7, 11) is 0. The fourth-order valence-corrected chi connectivity index (χ4v) is 7.26. The van der Waals surface area contributed by atoms with E-state index >= 15 is 0 Å². The maximum atomic E-state index is 12.9. The fraction of sp³-hybridized carbons (Fsp3) is 0.891. The molecule has 0 aliphatic carbocycles. The summed E-state index contributed by atoms with van der Waals surface area (Å²) in [5.41, 5.74) is 0. The van der Waals surface area contributed by atoms with Crippen LogP contribution in [0, 0.1) is 0 Å². The predicted octanol–water partition coefficient (Wildman–Crippen LogP) is 5.68. The lowest BCUT2D eigenvalue weighted by Crippen LogP contribution is -2.61. The predicted molar refractivity (Wildman–Crippen MR) is 229 cm³/mol. The maximum Gasteiger partial charge on any atom is 0.306 e. The van der Waals surface area contributed by atoms with E-state index in [2.05, 4.69) is 38.2 Å². The number of ether oxygens (including phenoxy) is 6. The van der Waals surface area contributed by atoms with E-state index in [1.54, 1.807) is 0 Å². The zero-order valence-electron chi connectivity index (χ0n) is 36.9. The van der Waals surface area contributed by atoms with Gasteiger partial charge in [-0.3, -0.25) is 4.79 Å². The molecule has 2 aliphatic rings. The zero-order chi connectivity index (χ0) is 43.8. The summed E-state index contributed by atoms with van der Waals surface area (Å²) in [5.74, 6) is -0.390. The van der Waals surface area contributed by atoms with E-state index in [0.717, 1.165) is 64.2 Å². The number of carbonyl (C=O) groups excluding carboxylic acids is 1. The van der Waals surface area contributed by atoms with E-state index in [1.165, 1.54) is 70.6 Å². The molecule has 7 N–H and O–H groups in total. The van der Waals surface area contributed by atoms with E-state index in [-0.39, 0.29) is 25.6 Å². The quantitative estimate of drug-likeness (QED) is 0.0230. The van der Waals surface area contributed by atoms with Crippen LogP contribution < -0.4 is 0 Å². The molecule has 0 aromatic carbocycles. The molecule has 2 rings (SSSR count). The summed E-state index contributed by atoms with van der Waals surface area (Å²) in [4.78, 5) is 12.9. The number of rotatable bonds is 36. The number of carbonyl (C=O) groups is 1. The Hall–Kier alpha value is -1.53. The number of allylic oxidation sites excluding steroid dienone is 4. The van der Waals surface area contributed by atoms with Crippen LogP contribution in [-0.4, -0.2) is 142 Å². The number of unbranched alkanes of at least 4 members (excludes halogenated alkanes) is 18. The van der Waals surface area contributed by atoms with E-state index in [9.17, 15) is 40.5 Å². The molecule has 0 spiro atoms. The third kappa shape index (κ3) is 23.2. The molecule has 2 fully saturated rings. The first kappa shape index (κ1) is 54.6. The number of hydrogen-bond donors (Lipinski definition) is 7. The molecule has 2 saturated heterocycles.